The molecule has 6 aliphatic rings. The molecule has 1 saturated carbocycles. The zero-order valence-corrected chi connectivity index (χ0v) is 71.2. The fourth-order valence-corrected chi connectivity index (χ4v) is 15.9. The Hall–Kier alpha value is -10.4. The van der Waals surface area contributed by atoms with Gasteiger partial charge >= 0.3 is 0 Å². The summed E-state index contributed by atoms with van der Waals surface area (Å²) >= 11 is 26.7. The zero-order chi connectivity index (χ0) is 89.9. The van der Waals surface area contributed by atoms with E-state index >= 15 is 9.59 Å². The lowest BCUT2D eigenvalue weighted by atomic mass is 9.80. The predicted octanol–water partition coefficient (Wildman–Crippen LogP) is 5.59. The number of nitrogens with two attached hydrogens (primary N) is 2. The van der Waals surface area contributed by atoms with Crippen molar-refractivity contribution in [3.05, 3.63) is 181 Å². The third-order valence-corrected chi connectivity index (χ3v) is 23.3. The van der Waals surface area contributed by atoms with Gasteiger partial charge in [-0.15, -0.1) is 0 Å². The first-order valence-electron chi connectivity index (χ1n) is 40.1. The lowest BCUT2D eigenvalue weighted by molar-refractivity contribution is -0.289. The molecule has 0 aromatic heterocycles. The summed E-state index contributed by atoms with van der Waals surface area (Å²) in [4.78, 5) is 117. The van der Waals surface area contributed by atoms with Gasteiger partial charge in [0.1, 0.15) is 108 Å². The van der Waals surface area contributed by atoms with E-state index in [1.165, 1.54) is 55.6 Å². The van der Waals surface area contributed by atoms with Crippen molar-refractivity contribution in [1.82, 2.24) is 47.9 Å². The van der Waals surface area contributed by atoms with E-state index in [4.69, 9.17) is 86.3 Å². The highest BCUT2D eigenvalue weighted by Gasteiger charge is 2.51. The molecule has 0 radical (unpaired) electrons. The lowest BCUT2D eigenvalue weighted by Gasteiger charge is -2.48. The number of benzene rings is 7. The Bertz CT molecular complexity index is 5060. The number of hydrogen-bond acceptors (Lipinski definition) is 26. The number of nitrogens with one attached hydrogen (secondary N) is 9. The van der Waals surface area contributed by atoms with Crippen LogP contribution in [-0.4, -0.2) is 199 Å². The Morgan fingerprint density at radius 1 is 0.677 bits per heavy atom. The van der Waals surface area contributed by atoms with E-state index in [0.29, 0.717) is 28.6 Å². The van der Waals surface area contributed by atoms with Gasteiger partial charge in [-0.25, -0.2) is 0 Å². The molecule has 5 heterocycles. The second-order valence-corrected chi connectivity index (χ2v) is 33.3. The number of amides is 8. The Labute approximate surface area is 733 Å². The van der Waals surface area contributed by atoms with Gasteiger partial charge in [0, 0.05) is 54.8 Å². The van der Waals surface area contributed by atoms with Crippen LogP contribution in [0.4, 0.5) is 0 Å². The van der Waals surface area contributed by atoms with E-state index in [0.717, 1.165) is 54.4 Å². The summed E-state index contributed by atoms with van der Waals surface area (Å²) in [6.45, 7) is 8.13. The highest BCUT2D eigenvalue weighted by Crippen LogP contribution is 2.49. The number of phenolic OH excluding ortho intramolecular Hbond substituents is 3. The maximum Gasteiger partial charge on any atom is 0.247 e. The van der Waals surface area contributed by atoms with Crippen LogP contribution in [0.25, 0.3) is 11.1 Å². The highest BCUT2D eigenvalue weighted by atomic mass is 35.5. The van der Waals surface area contributed by atoms with E-state index in [1.54, 1.807) is 44.2 Å². The molecule has 13 rings (SSSR count). The van der Waals surface area contributed by atoms with Crippen molar-refractivity contribution in [1.29, 1.82) is 0 Å². The molecule has 2 fully saturated rings. The van der Waals surface area contributed by atoms with E-state index in [1.807, 2.05) is 26.0 Å². The molecule has 5 aliphatic heterocycles. The van der Waals surface area contributed by atoms with Crippen LogP contribution in [0, 0.1) is 11.8 Å². The number of carbonyl (C=O) groups excluding carboxylic acids is 8. The molecule has 34 nitrogen and oxygen atoms in total. The summed E-state index contributed by atoms with van der Waals surface area (Å²) in [5.41, 5.74) is 10.2. The standard InChI is InChI=1S/C86H101Cl4N11O23/c1-39(2)26-56(93-6)80(113)100-70-72(107)45-16-22-60(54(89)29-45)121-62-10-9-11-63(76(62)123-64-31-47(37-102)74(109)75(110)77(64)124-66-35-86(5,78(111)41(4)120-66)95-36-42-12-18-49(19-13-42)119-38-43-14-20-52(87)53(88)27-43)122-61-23-17-46(30-55(61)90)73(108)71-85(118)99-69(82(115)94-25-8-7-24-91)51-32-48(103)33-59(105)67(51)50-28-44(15-21-58(50)104)68(83(116)101-71)98-79(112)40(3)96-81(114)57(34-65(92)106)97-84(70)117/h9-23,27-30,32-33,39-41,47,56-57,64,66,68-75,77-78,93,95,102-105,107-111H,7-8,24-26,31,34-38,91H2,1-6H3,(H2,92,106)(H,94,115)(H,96,114)(H,97,117)(H,98,112)(H,99,118)(H,100,113)(H,101,116). The predicted molar refractivity (Wildman–Crippen MR) is 453 cm³/mol. The van der Waals surface area contributed by atoms with Crippen molar-refractivity contribution < 1.29 is 113 Å². The van der Waals surface area contributed by atoms with Crippen LogP contribution < -0.4 is 78.3 Å². The van der Waals surface area contributed by atoms with Crippen LogP contribution in [0.2, 0.25) is 20.1 Å². The minimum absolute atomic E-state index is 0.0264. The van der Waals surface area contributed by atoms with Crippen molar-refractivity contribution in [3.63, 3.8) is 0 Å². The molecule has 0 spiro atoms. The van der Waals surface area contributed by atoms with Crippen molar-refractivity contribution in [2.45, 2.75) is 189 Å². The third kappa shape index (κ3) is 22.6. The Kier molecular flexibility index (Phi) is 31.6. The number of aliphatic hydroxyl groups excluding tert-OH is 6. The number of fused-ring (bicyclic) bond motifs is 6. The van der Waals surface area contributed by atoms with Crippen molar-refractivity contribution in [2.75, 3.05) is 26.7 Å². The molecule has 7 aromatic rings. The van der Waals surface area contributed by atoms with Crippen LogP contribution in [0.15, 0.2) is 127 Å². The topological polar surface area (TPSA) is 534 Å². The summed E-state index contributed by atoms with van der Waals surface area (Å²) < 4.78 is 39.3. The minimum atomic E-state index is -2.24. The Morgan fingerprint density at radius 2 is 1.34 bits per heavy atom. The Morgan fingerprint density at radius 3 is 1.97 bits per heavy atom. The number of likely N-dealkylation sites (N-methyl/N-ethyl adjacent to an activating group) is 1. The molecule has 18 unspecified atom stereocenters. The molecule has 38 heteroatoms. The fraction of sp³-hybridized carbons (Fsp3) is 0.419. The molecule has 10 bridgehead atoms. The van der Waals surface area contributed by atoms with Crippen LogP contribution in [0.5, 0.6) is 51.7 Å². The lowest BCUT2D eigenvalue weighted by Crippen LogP contribution is -2.64. The summed E-state index contributed by atoms with van der Waals surface area (Å²) in [5, 5.41) is 131. The number of hydrogen-bond donors (Lipinski definition) is 20. The number of para-hydroxylation sites is 1. The SMILES string of the molecule is CNC(CC(C)C)C(=O)NC1C(=O)NC(CC(N)=O)C(=O)NC(C)C(=O)NC2C(=O)NC(C(=O)NC(C(=O)NCCCCN)c3cc(O)cc(O)c3-c3cc2ccc3O)C(O)c2ccc(c(Cl)c2)Oc2cccc(c2OC2CC(CO)C(O)C(O)C2OC2CC(C)(NCc3ccc(OCc4ccc(Cl)c(Cl)c4)cc3)C(O)C(C)O2)Oc2ccc(cc2Cl)C1O. The number of aromatic hydroxyl groups is 3. The molecular weight excluding hydrogens is 1700 g/mol. The number of aliphatic hydroxyl groups is 6. The van der Waals surface area contributed by atoms with Gasteiger partial charge in [-0.1, -0.05) is 103 Å². The normalized spacial score (nSPS) is 25.9. The van der Waals surface area contributed by atoms with E-state index < -0.39 is 186 Å². The van der Waals surface area contributed by atoms with Gasteiger partial charge in [0.25, 0.3) is 0 Å². The molecule has 18 atom stereocenters. The number of unbranched alkanes of at least 4 members (excludes halogenated alkanes) is 1. The molecule has 22 N–H and O–H groups in total. The average Bonchev–Trinajstić information content (AvgIpc) is 0.768. The number of ether oxygens (including phenoxy) is 6. The van der Waals surface area contributed by atoms with Gasteiger partial charge in [0.05, 0.1) is 50.9 Å². The van der Waals surface area contributed by atoms with Crippen molar-refractivity contribution in [2.24, 2.45) is 23.3 Å². The molecule has 666 valence electrons. The number of halogens is 4. The molecule has 124 heavy (non-hydrogen) atoms. The van der Waals surface area contributed by atoms with Gasteiger partial charge in [0.2, 0.25) is 53.0 Å². The first-order valence-corrected chi connectivity index (χ1v) is 41.6. The average molecular weight is 1800 g/mol. The monoisotopic (exact) mass is 1800 g/mol. The molecular formula is C86H101Cl4N11O23. The zero-order valence-electron chi connectivity index (χ0n) is 68.2. The van der Waals surface area contributed by atoms with Crippen molar-refractivity contribution >= 4 is 93.7 Å². The third-order valence-electron chi connectivity index (χ3n) is 22.0. The smallest absolute Gasteiger partial charge is 0.247 e. The maximum absolute atomic E-state index is 15.4. The largest absolute Gasteiger partial charge is 0.508 e. The molecule has 8 amide bonds. The fourth-order valence-electron chi connectivity index (χ4n) is 15.1. The molecule has 1 aliphatic carbocycles. The first kappa shape index (κ1) is 94.3. The highest BCUT2D eigenvalue weighted by molar-refractivity contribution is 6.42. The summed E-state index contributed by atoms with van der Waals surface area (Å²) in [6, 6.07) is 16.3. The summed E-state index contributed by atoms with van der Waals surface area (Å²) in [6.07, 6.45) is -14.4. The van der Waals surface area contributed by atoms with Gasteiger partial charge in [-0.05, 0) is 178 Å². The van der Waals surface area contributed by atoms with E-state index in [9.17, 15) is 74.7 Å². The second-order valence-electron chi connectivity index (χ2n) is 31.6. The number of phenols is 3. The quantitative estimate of drug-likeness (QED) is 0.0347. The maximum atomic E-state index is 15.4. The van der Waals surface area contributed by atoms with Gasteiger partial charge in [-0.3, -0.25) is 38.4 Å². The molecule has 7 aromatic carbocycles. The van der Waals surface area contributed by atoms with Gasteiger partial charge in [0.15, 0.2) is 17.8 Å². The van der Waals surface area contributed by atoms with Crippen LogP contribution in [0.1, 0.15) is 131 Å². The van der Waals surface area contributed by atoms with E-state index in [2.05, 4.69) is 47.9 Å². The summed E-state index contributed by atoms with van der Waals surface area (Å²) in [7, 11) is 1.49. The minimum Gasteiger partial charge on any atom is -0.508 e. The van der Waals surface area contributed by atoms with Crippen LogP contribution in [0.3, 0.4) is 0 Å². The van der Waals surface area contributed by atoms with E-state index in [-0.39, 0.29) is 124 Å². The van der Waals surface area contributed by atoms with Gasteiger partial charge in [-0.2, -0.15) is 0 Å². The van der Waals surface area contributed by atoms with Crippen molar-refractivity contribution in [3.8, 4) is 62.9 Å². The van der Waals surface area contributed by atoms with Gasteiger partial charge < -0.3 is 134 Å². The second kappa shape index (κ2) is 41.6. The first-order chi connectivity index (χ1) is 59.0. The Balaban J connectivity index is 1.01. The number of primary amides is 1. The number of rotatable bonds is 23. The van der Waals surface area contributed by atoms with Crippen LogP contribution >= 0.6 is 46.4 Å². The molecule has 1 saturated heterocycles. The number of carbonyl (C=O) groups is 8. The summed E-state index contributed by atoms with van der Waals surface area (Å²) in [5.74, 6) is -13.2. The van der Waals surface area contributed by atoms with Crippen LogP contribution in [-0.2, 0) is 61.0 Å².